The molecule has 0 aliphatic heterocycles. The molecule has 0 radical (unpaired) electrons. The van der Waals surface area contributed by atoms with E-state index in [4.69, 9.17) is 0 Å². The van der Waals surface area contributed by atoms with Crippen LogP contribution in [0.25, 0.3) is 5.69 Å². The molecule has 1 aromatic heterocycles. The van der Waals surface area contributed by atoms with Crippen LogP contribution in [0.3, 0.4) is 0 Å². The van der Waals surface area contributed by atoms with Gasteiger partial charge in [-0.1, -0.05) is 18.2 Å². The van der Waals surface area contributed by atoms with Gasteiger partial charge in [0.25, 0.3) is 0 Å². The standard InChI is InChI=1S/C10H9N3O/c1-8-10(7-14)12-13(11-8)9-5-3-2-4-6-9/h2-7H,1H3. The van der Waals surface area contributed by atoms with Crippen LogP contribution in [0.2, 0.25) is 0 Å². The number of rotatable bonds is 2. The molecule has 2 aromatic rings. The molecule has 0 N–H and O–H groups in total. The minimum absolute atomic E-state index is 0.383. The van der Waals surface area contributed by atoms with Gasteiger partial charge in [0.2, 0.25) is 0 Å². The number of para-hydroxylation sites is 1. The van der Waals surface area contributed by atoms with E-state index in [1.807, 2.05) is 30.3 Å². The first-order valence-electron chi connectivity index (χ1n) is 4.26. The Balaban J connectivity index is 2.48. The molecule has 0 amide bonds. The zero-order valence-corrected chi connectivity index (χ0v) is 7.71. The van der Waals surface area contributed by atoms with E-state index in [-0.39, 0.29) is 0 Å². The second-order valence-corrected chi connectivity index (χ2v) is 2.91. The molecule has 1 heterocycles. The lowest BCUT2D eigenvalue weighted by molar-refractivity contribution is 0.111. The van der Waals surface area contributed by atoms with Crippen LogP contribution in [0.4, 0.5) is 0 Å². The Bertz CT molecular complexity index is 448. The molecule has 0 bridgehead atoms. The van der Waals surface area contributed by atoms with Gasteiger partial charge in [-0.05, 0) is 19.1 Å². The van der Waals surface area contributed by atoms with Crippen molar-refractivity contribution in [2.75, 3.05) is 0 Å². The van der Waals surface area contributed by atoms with Gasteiger partial charge in [-0.15, -0.1) is 5.10 Å². The van der Waals surface area contributed by atoms with Crippen LogP contribution in [0, 0.1) is 6.92 Å². The Hall–Kier alpha value is -1.97. The van der Waals surface area contributed by atoms with Crippen molar-refractivity contribution in [3.63, 3.8) is 0 Å². The SMILES string of the molecule is Cc1nn(-c2ccccc2)nc1C=O. The number of aromatic nitrogens is 3. The van der Waals surface area contributed by atoms with Crippen molar-refractivity contribution in [2.24, 2.45) is 0 Å². The lowest BCUT2D eigenvalue weighted by Gasteiger charge is -1.96. The Morgan fingerprint density at radius 1 is 1.21 bits per heavy atom. The summed E-state index contributed by atoms with van der Waals surface area (Å²) in [5, 5.41) is 8.16. The summed E-state index contributed by atoms with van der Waals surface area (Å²) in [5.41, 5.74) is 1.88. The smallest absolute Gasteiger partial charge is 0.172 e. The largest absolute Gasteiger partial charge is 0.296 e. The van der Waals surface area contributed by atoms with Gasteiger partial charge < -0.3 is 0 Å². The second-order valence-electron chi connectivity index (χ2n) is 2.91. The number of hydrogen-bond acceptors (Lipinski definition) is 3. The summed E-state index contributed by atoms with van der Waals surface area (Å²) < 4.78 is 0. The van der Waals surface area contributed by atoms with Gasteiger partial charge in [0, 0.05) is 0 Å². The molecule has 0 saturated heterocycles. The average molecular weight is 187 g/mol. The number of benzene rings is 1. The summed E-state index contributed by atoms with van der Waals surface area (Å²) in [5.74, 6) is 0. The van der Waals surface area contributed by atoms with E-state index < -0.39 is 0 Å². The van der Waals surface area contributed by atoms with Crippen LogP contribution < -0.4 is 0 Å². The van der Waals surface area contributed by atoms with Crippen molar-refractivity contribution in [2.45, 2.75) is 6.92 Å². The van der Waals surface area contributed by atoms with Crippen LogP contribution in [0.5, 0.6) is 0 Å². The van der Waals surface area contributed by atoms with Gasteiger partial charge in [0.1, 0.15) is 5.69 Å². The number of aldehydes is 1. The molecule has 0 aliphatic carbocycles. The molecule has 14 heavy (non-hydrogen) atoms. The third-order valence-corrected chi connectivity index (χ3v) is 1.92. The Labute approximate surface area is 81.2 Å². The molecular formula is C10H9N3O. The highest BCUT2D eigenvalue weighted by atomic mass is 16.1. The maximum Gasteiger partial charge on any atom is 0.172 e. The maximum absolute atomic E-state index is 10.6. The minimum atomic E-state index is 0.383. The number of aryl methyl sites for hydroxylation is 1. The summed E-state index contributed by atoms with van der Waals surface area (Å²) in [6.45, 7) is 1.76. The van der Waals surface area contributed by atoms with Gasteiger partial charge in [-0.25, -0.2) is 0 Å². The molecule has 0 fully saturated rings. The lowest BCUT2D eigenvalue weighted by atomic mass is 10.3. The first kappa shape index (κ1) is 8.62. The molecule has 0 aliphatic rings. The van der Waals surface area contributed by atoms with Gasteiger partial charge >= 0.3 is 0 Å². The minimum Gasteiger partial charge on any atom is -0.296 e. The number of nitrogens with zero attached hydrogens (tertiary/aromatic N) is 3. The van der Waals surface area contributed by atoms with Crippen molar-refractivity contribution < 1.29 is 4.79 Å². The van der Waals surface area contributed by atoms with Crippen molar-refractivity contribution >= 4 is 6.29 Å². The third kappa shape index (κ3) is 1.42. The highest BCUT2D eigenvalue weighted by Crippen LogP contribution is 2.05. The van der Waals surface area contributed by atoms with Crippen molar-refractivity contribution in [1.82, 2.24) is 15.0 Å². The first-order chi connectivity index (χ1) is 6.81. The Morgan fingerprint density at radius 3 is 2.50 bits per heavy atom. The topological polar surface area (TPSA) is 47.8 Å². The molecule has 0 spiro atoms. The van der Waals surface area contributed by atoms with E-state index in [2.05, 4.69) is 10.2 Å². The van der Waals surface area contributed by atoms with Crippen LogP contribution in [0.15, 0.2) is 30.3 Å². The zero-order chi connectivity index (χ0) is 9.97. The second kappa shape index (κ2) is 3.41. The van der Waals surface area contributed by atoms with Crippen LogP contribution in [-0.4, -0.2) is 21.3 Å². The van der Waals surface area contributed by atoms with E-state index in [0.29, 0.717) is 17.7 Å². The van der Waals surface area contributed by atoms with Crippen LogP contribution in [-0.2, 0) is 0 Å². The zero-order valence-electron chi connectivity index (χ0n) is 7.71. The summed E-state index contributed by atoms with van der Waals surface area (Å²) in [6, 6.07) is 9.48. The third-order valence-electron chi connectivity index (χ3n) is 1.92. The molecule has 0 saturated carbocycles. The maximum atomic E-state index is 10.6. The molecule has 2 rings (SSSR count). The average Bonchev–Trinajstić information content (AvgIpc) is 2.61. The molecule has 70 valence electrons. The fraction of sp³-hybridized carbons (Fsp3) is 0.100. The normalized spacial score (nSPS) is 10.1. The summed E-state index contributed by atoms with van der Waals surface area (Å²) in [4.78, 5) is 12.0. The van der Waals surface area contributed by atoms with E-state index in [1.165, 1.54) is 4.80 Å². The summed E-state index contributed by atoms with van der Waals surface area (Å²) in [7, 11) is 0. The molecule has 0 unspecified atom stereocenters. The fourth-order valence-corrected chi connectivity index (χ4v) is 1.18. The van der Waals surface area contributed by atoms with Crippen molar-refractivity contribution in [1.29, 1.82) is 0 Å². The first-order valence-corrected chi connectivity index (χ1v) is 4.26. The molecule has 0 atom stereocenters. The van der Waals surface area contributed by atoms with Crippen molar-refractivity contribution in [3.8, 4) is 5.69 Å². The Morgan fingerprint density at radius 2 is 1.93 bits per heavy atom. The fourth-order valence-electron chi connectivity index (χ4n) is 1.18. The van der Waals surface area contributed by atoms with E-state index >= 15 is 0 Å². The van der Waals surface area contributed by atoms with Crippen LogP contribution >= 0.6 is 0 Å². The van der Waals surface area contributed by atoms with E-state index in [1.54, 1.807) is 6.92 Å². The van der Waals surface area contributed by atoms with E-state index in [0.717, 1.165) is 5.69 Å². The molecule has 4 heteroatoms. The van der Waals surface area contributed by atoms with Gasteiger partial charge in [0.15, 0.2) is 6.29 Å². The molecule has 4 nitrogen and oxygen atoms in total. The van der Waals surface area contributed by atoms with Gasteiger partial charge in [-0.3, -0.25) is 4.79 Å². The lowest BCUT2D eigenvalue weighted by Crippen LogP contribution is -1.98. The summed E-state index contributed by atoms with van der Waals surface area (Å²) >= 11 is 0. The Kier molecular flexibility index (Phi) is 2.10. The number of carbonyl (C=O) groups excluding carboxylic acids is 1. The quantitative estimate of drug-likeness (QED) is 0.667. The number of carbonyl (C=O) groups is 1. The van der Waals surface area contributed by atoms with Crippen molar-refractivity contribution in [3.05, 3.63) is 41.7 Å². The van der Waals surface area contributed by atoms with Gasteiger partial charge in [-0.2, -0.15) is 9.90 Å². The monoisotopic (exact) mass is 187 g/mol. The summed E-state index contributed by atoms with van der Waals surface area (Å²) in [6.07, 6.45) is 0.710. The number of hydrogen-bond donors (Lipinski definition) is 0. The molecular weight excluding hydrogens is 178 g/mol. The highest BCUT2D eigenvalue weighted by molar-refractivity contribution is 5.72. The predicted molar refractivity (Wildman–Crippen MR) is 51.5 cm³/mol. The van der Waals surface area contributed by atoms with Gasteiger partial charge in [0.05, 0.1) is 11.4 Å². The van der Waals surface area contributed by atoms with E-state index in [9.17, 15) is 4.79 Å². The predicted octanol–water partition coefficient (Wildman–Crippen LogP) is 1.39. The van der Waals surface area contributed by atoms with Crippen LogP contribution in [0.1, 0.15) is 16.2 Å². The molecule has 1 aromatic carbocycles. The highest BCUT2D eigenvalue weighted by Gasteiger charge is 2.05.